The number of alkyl carbamates (subject to hydrolysis) is 1. The number of nitrogens with one attached hydrogen (secondary N) is 1. The van der Waals surface area contributed by atoms with E-state index < -0.39 is 12.1 Å². The lowest BCUT2D eigenvalue weighted by atomic mass is 9.98. The zero-order chi connectivity index (χ0) is 17.4. The number of fused-ring (bicyclic) bond motifs is 3. The van der Waals surface area contributed by atoms with Crippen LogP contribution in [0.1, 0.15) is 24.0 Å². The predicted molar refractivity (Wildman–Crippen MR) is 92.4 cm³/mol. The van der Waals surface area contributed by atoms with Crippen molar-refractivity contribution in [3.05, 3.63) is 59.7 Å². The largest absolute Gasteiger partial charge is 0.449 e. The topological polar surface area (TPSA) is 64.6 Å². The van der Waals surface area contributed by atoms with Gasteiger partial charge in [0, 0.05) is 5.92 Å². The molecule has 2 atom stereocenters. The highest BCUT2D eigenvalue weighted by Gasteiger charge is 2.35. The average molecular weight is 337 g/mol. The van der Waals surface area contributed by atoms with Crippen LogP contribution in [0.4, 0.5) is 4.79 Å². The van der Waals surface area contributed by atoms with E-state index in [0.717, 1.165) is 11.1 Å². The molecule has 0 spiro atoms. The van der Waals surface area contributed by atoms with Crippen molar-refractivity contribution in [3.8, 4) is 11.1 Å². The molecule has 1 N–H and O–H groups in total. The van der Waals surface area contributed by atoms with Crippen molar-refractivity contribution in [2.24, 2.45) is 0 Å². The van der Waals surface area contributed by atoms with Crippen LogP contribution in [0.5, 0.6) is 0 Å². The van der Waals surface area contributed by atoms with Crippen LogP contribution in [-0.2, 0) is 14.3 Å². The molecule has 1 saturated heterocycles. The Morgan fingerprint density at radius 2 is 1.72 bits per heavy atom. The first-order valence-electron chi connectivity index (χ1n) is 8.41. The quantitative estimate of drug-likeness (QED) is 0.935. The Labute approximate surface area is 145 Å². The van der Waals surface area contributed by atoms with Crippen molar-refractivity contribution in [1.29, 1.82) is 0 Å². The van der Waals surface area contributed by atoms with Crippen molar-refractivity contribution < 1.29 is 19.1 Å². The molecule has 1 aliphatic heterocycles. The Hall–Kier alpha value is -2.66. The first-order chi connectivity index (χ1) is 12.1. The molecule has 1 heterocycles. The molecule has 0 aromatic heterocycles. The fraction of sp³-hybridized carbons (Fsp3) is 0.300. The number of rotatable bonds is 3. The molecule has 25 heavy (non-hydrogen) atoms. The Kier molecular flexibility index (Phi) is 4.01. The molecular weight excluding hydrogens is 318 g/mol. The van der Waals surface area contributed by atoms with E-state index in [0.29, 0.717) is 0 Å². The lowest BCUT2D eigenvalue weighted by molar-refractivity contribution is -0.119. The number of hydrogen-bond donors (Lipinski definition) is 1. The minimum absolute atomic E-state index is 0.00565. The average Bonchev–Trinajstić information content (AvgIpc) is 3.12. The molecule has 1 amide bonds. The number of carbonyl (C=O) groups is 2. The maximum Gasteiger partial charge on any atom is 0.407 e. The number of carbonyl (C=O) groups excluding carboxylic acids is 2. The second-order valence-electron chi connectivity index (χ2n) is 6.43. The first kappa shape index (κ1) is 15.8. The molecule has 1 fully saturated rings. The summed E-state index contributed by atoms with van der Waals surface area (Å²) in [5.41, 5.74) is 4.68. The summed E-state index contributed by atoms with van der Waals surface area (Å²) in [4.78, 5) is 23.8. The molecule has 0 unspecified atom stereocenters. The summed E-state index contributed by atoms with van der Waals surface area (Å²) in [6.07, 6.45) is -0.912. The molecular formula is C20H19NO4. The minimum Gasteiger partial charge on any atom is -0.449 e. The molecule has 2 aliphatic rings. The second-order valence-corrected chi connectivity index (χ2v) is 6.43. The highest BCUT2D eigenvalue weighted by molar-refractivity contribution is 5.90. The maximum absolute atomic E-state index is 12.1. The number of hydrogen-bond acceptors (Lipinski definition) is 4. The summed E-state index contributed by atoms with van der Waals surface area (Å²) in [6, 6.07) is 15.7. The van der Waals surface area contributed by atoms with E-state index in [9.17, 15) is 9.59 Å². The Balaban J connectivity index is 1.48. The fourth-order valence-electron chi connectivity index (χ4n) is 3.63. The van der Waals surface area contributed by atoms with Gasteiger partial charge in [-0.2, -0.15) is 0 Å². The summed E-state index contributed by atoms with van der Waals surface area (Å²) >= 11 is 0. The van der Waals surface area contributed by atoms with Gasteiger partial charge in [-0.25, -0.2) is 4.79 Å². The molecule has 0 radical (unpaired) electrons. The van der Waals surface area contributed by atoms with Crippen molar-refractivity contribution in [2.45, 2.75) is 25.0 Å². The van der Waals surface area contributed by atoms with Gasteiger partial charge in [0.2, 0.25) is 0 Å². The molecule has 0 saturated carbocycles. The van der Waals surface area contributed by atoms with E-state index in [1.165, 1.54) is 11.1 Å². The van der Waals surface area contributed by atoms with Gasteiger partial charge < -0.3 is 14.8 Å². The maximum atomic E-state index is 12.1. The number of ketones is 1. The molecule has 5 heteroatoms. The zero-order valence-corrected chi connectivity index (χ0v) is 13.9. The lowest BCUT2D eigenvalue weighted by Crippen LogP contribution is -2.44. The number of benzene rings is 2. The van der Waals surface area contributed by atoms with Crippen LogP contribution in [-0.4, -0.2) is 37.2 Å². The van der Waals surface area contributed by atoms with E-state index in [1.807, 2.05) is 24.3 Å². The molecule has 4 rings (SSSR count). The van der Waals surface area contributed by atoms with Crippen LogP contribution < -0.4 is 5.32 Å². The highest BCUT2D eigenvalue weighted by Crippen LogP contribution is 2.44. The molecule has 0 bridgehead atoms. The zero-order valence-electron chi connectivity index (χ0n) is 13.9. The normalized spacial score (nSPS) is 21.7. The van der Waals surface area contributed by atoms with E-state index in [1.54, 1.807) is 6.92 Å². The van der Waals surface area contributed by atoms with Crippen LogP contribution in [0.25, 0.3) is 11.1 Å². The third-order valence-corrected chi connectivity index (χ3v) is 4.92. The predicted octanol–water partition coefficient (Wildman–Crippen LogP) is 2.88. The Bertz CT molecular complexity index is 786. The number of Topliss-reactive ketones (excluding diaryl/α,β-unsaturated/α-hetero) is 1. The van der Waals surface area contributed by atoms with E-state index in [4.69, 9.17) is 9.47 Å². The van der Waals surface area contributed by atoms with E-state index in [-0.39, 0.29) is 31.0 Å². The van der Waals surface area contributed by atoms with E-state index in [2.05, 4.69) is 29.6 Å². The van der Waals surface area contributed by atoms with Gasteiger partial charge in [-0.05, 0) is 29.2 Å². The highest BCUT2D eigenvalue weighted by atomic mass is 16.6. The molecule has 128 valence electrons. The van der Waals surface area contributed by atoms with Gasteiger partial charge >= 0.3 is 6.09 Å². The van der Waals surface area contributed by atoms with Crippen LogP contribution in [0, 0.1) is 0 Å². The lowest BCUT2D eigenvalue weighted by Gasteiger charge is -2.17. The van der Waals surface area contributed by atoms with Gasteiger partial charge in [0.1, 0.15) is 19.3 Å². The van der Waals surface area contributed by atoms with Crippen molar-refractivity contribution in [1.82, 2.24) is 5.32 Å². The summed E-state index contributed by atoms with van der Waals surface area (Å²) in [5, 5.41) is 2.61. The third-order valence-electron chi connectivity index (χ3n) is 4.92. The van der Waals surface area contributed by atoms with Crippen LogP contribution in [0.15, 0.2) is 48.5 Å². The van der Waals surface area contributed by atoms with Gasteiger partial charge in [-0.15, -0.1) is 0 Å². The summed E-state index contributed by atoms with van der Waals surface area (Å²) in [6.45, 7) is 2.03. The van der Waals surface area contributed by atoms with Gasteiger partial charge in [-0.3, -0.25) is 4.79 Å². The van der Waals surface area contributed by atoms with Crippen molar-refractivity contribution in [3.63, 3.8) is 0 Å². The van der Waals surface area contributed by atoms with E-state index >= 15 is 0 Å². The minimum atomic E-state index is -0.629. The van der Waals surface area contributed by atoms with Gasteiger partial charge in [0.15, 0.2) is 5.78 Å². The van der Waals surface area contributed by atoms with Gasteiger partial charge in [0.05, 0.1) is 6.10 Å². The SMILES string of the molecule is C[C@@H]1OCC(=O)[C@@H]1NC(=O)OCC1c2ccccc2-c2ccccc21. The molecule has 2 aromatic carbocycles. The molecule has 5 nitrogen and oxygen atoms in total. The van der Waals surface area contributed by atoms with Crippen LogP contribution >= 0.6 is 0 Å². The molecule has 1 aliphatic carbocycles. The number of amides is 1. The van der Waals surface area contributed by atoms with Crippen LogP contribution in [0.3, 0.4) is 0 Å². The fourth-order valence-corrected chi connectivity index (χ4v) is 3.63. The summed E-state index contributed by atoms with van der Waals surface area (Å²) in [7, 11) is 0. The molecule has 2 aromatic rings. The monoisotopic (exact) mass is 337 g/mol. The summed E-state index contributed by atoms with van der Waals surface area (Å²) < 4.78 is 10.7. The number of ether oxygens (including phenoxy) is 2. The third kappa shape index (κ3) is 2.81. The van der Waals surface area contributed by atoms with Crippen molar-refractivity contribution in [2.75, 3.05) is 13.2 Å². The second kappa shape index (κ2) is 6.33. The van der Waals surface area contributed by atoms with Gasteiger partial charge in [-0.1, -0.05) is 48.5 Å². The van der Waals surface area contributed by atoms with Gasteiger partial charge in [0.25, 0.3) is 0 Å². The Morgan fingerprint density at radius 1 is 1.12 bits per heavy atom. The standard InChI is InChI=1S/C20H19NO4/c1-12-19(18(22)11-24-12)21-20(23)25-10-17-15-8-4-2-6-13(15)14-7-3-5-9-16(14)17/h2-9,12,17,19H,10-11H2,1H3,(H,21,23)/t12-,19+/m0/s1. The Morgan fingerprint density at radius 3 is 2.28 bits per heavy atom. The smallest absolute Gasteiger partial charge is 0.407 e. The van der Waals surface area contributed by atoms with Crippen molar-refractivity contribution >= 4 is 11.9 Å². The first-order valence-corrected chi connectivity index (χ1v) is 8.41. The summed E-state index contributed by atoms with van der Waals surface area (Å²) in [5.74, 6) is -0.118. The van der Waals surface area contributed by atoms with Crippen LogP contribution in [0.2, 0.25) is 0 Å².